The van der Waals surface area contributed by atoms with E-state index >= 15 is 0 Å². The molecule has 2 aliphatic rings. The Labute approximate surface area is 202 Å². The lowest BCUT2D eigenvalue weighted by Gasteiger charge is -2.35. The Kier molecular flexibility index (Phi) is 9.02. The van der Waals surface area contributed by atoms with Gasteiger partial charge in [-0.15, -0.1) is 0 Å². The molecule has 0 radical (unpaired) electrons. The average molecular weight is 480 g/mol. The number of carbonyl (C=O) groups excluding carboxylic acids is 2. The summed E-state index contributed by atoms with van der Waals surface area (Å²) in [5.74, 6) is 0.650. The van der Waals surface area contributed by atoms with Crippen molar-refractivity contribution in [1.29, 1.82) is 0 Å². The largest absolute Gasteiger partial charge is 0.492 e. The molecule has 0 spiro atoms. The van der Waals surface area contributed by atoms with Gasteiger partial charge in [0.25, 0.3) is 0 Å². The lowest BCUT2D eigenvalue weighted by Crippen LogP contribution is -2.54. The first-order valence-electron chi connectivity index (χ1n) is 11.9. The number of carbonyl (C=O) groups is 2. The zero-order chi connectivity index (χ0) is 24.0. The molecule has 2 amide bonds. The van der Waals surface area contributed by atoms with Gasteiger partial charge in [-0.2, -0.15) is 0 Å². The van der Waals surface area contributed by atoms with E-state index < -0.39 is 5.41 Å². The number of halogens is 1. The minimum atomic E-state index is -0.449. The maximum absolute atomic E-state index is 13.5. The van der Waals surface area contributed by atoms with Crippen molar-refractivity contribution in [2.24, 2.45) is 11.3 Å². The zero-order valence-electron chi connectivity index (χ0n) is 20.3. The smallest absolute Gasteiger partial charge is 0.227 e. The number of amides is 2. The van der Waals surface area contributed by atoms with Gasteiger partial charge in [-0.3, -0.25) is 9.59 Å². The summed E-state index contributed by atoms with van der Waals surface area (Å²) in [7, 11) is 1.67. The van der Waals surface area contributed by atoms with Crippen LogP contribution in [-0.2, 0) is 20.9 Å². The molecule has 1 saturated heterocycles. The second-order valence-electron chi connectivity index (χ2n) is 10.2. The monoisotopic (exact) mass is 479 g/mol. The minimum Gasteiger partial charge on any atom is -0.492 e. The van der Waals surface area contributed by atoms with Crippen molar-refractivity contribution in [1.82, 2.24) is 15.5 Å². The summed E-state index contributed by atoms with van der Waals surface area (Å²) in [6.07, 6.45) is 3.50. The molecule has 0 aromatic heterocycles. The van der Waals surface area contributed by atoms with Crippen molar-refractivity contribution >= 4 is 23.4 Å². The Morgan fingerprint density at radius 3 is 2.64 bits per heavy atom. The Bertz CT molecular complexity index is 822. The zero-order valence-corrected chi connectivity index (χ0v) is 21.0. The molecule has 1 aromatic rings. The highest BCUT2D eigenvalue weighted by molar-refractivity contribution is 6.32. The van der Waals surface area contributed by atoms with Crippen molar-refractivity contribution in [3.05, 3.63) is 28.8 Å². The van der Waals surface area contributed by atoms with E-state index in [0.717, 1.165) is 24.8 Å². The standard InChI is InChI=1S/C25H38ClN3O4/c1-25(2,3)24(31)28-19-13-18(14-27-15-19)23(30)29(20-7-8-20)16-17-6-9-21(26)22(12-17)33-11-5-10-32-4/h6,9,12,18-20,27H,5,7-8,10-11,13-16H2,1-4H3,(H,28,31)/t18-,19+/m0/s1. The van der Waals surface area contributed by atoms with Gasteiger partial charge in [-0.05, 0) is 37.0 Å². The van der Waals surface area contributed by atoms with Crippen LogP contribution in [0.3, 0.4) is 0 Å². The van der Waals surface area contributed by atoms with Crippen LogP contribution in [0.1, 0.15) is 52.0 Å². The summed E-state index contributed by atoms with van der Waals surface area (Å²) in [6, 6.07) is 5.96. The fourth-order valence-electron chi connectivity index (χ4n) is 3.99. The summed E-state index contributed by atoms with van der Waals surface area (Å²) in [5, 5.41) is 7.01. The molecule has 2 fully saturated rings. The van der Waals surface area contributed by atoms with Crippen LogP contribution in [0.5, 0.6) is 5.75 Å². The van der Waals surface area contributed by atoms with Crippen LogP contribution < -0.4 is 15.4 Å². The number of nitrogens with one attached hydrogen (secondary N) is 2. The molecule has 7 nitrogen and oxygen atoms in total. The van der Waals surface area contributed by atoms with E-state index in [1.54, 1.807) is 7.11 Å². The van der Waals surface area contributed by atoms with E-state index in [-0.39, 0.29) is 29.8 Å². The van der Waals surface area contributed by atoms with Gasteiger partial charge >= 0.3 is 0 Å². The van der Waals surface area contributed by atoms with Crippen molar-refractivity contribution in [2.45, 2.75) is 65.1 Å². The molecule has 2 atom stereocenters. The van der Waals surface area contributed by atoms with Gasteiger partial charge in [0, 0.05) is 57.3 Å². The molecule has 1 aromatic carbocycles. The van der Waals surface area contributed by atoms with Crippen molar-refractivity contribution in [3.63, 3.8) is 0 Å². The van der Waals surface area contributed by atoms with Gasteiger partial charge in [0.05, 0.1) is 17.5 Å². The topological polar surface area (TPSA) is 79.9 Å². The van der Waals surface area contributed by atoms with Crippen molar-refractivity contribution in [3.8, 4) is 5.75 Å². The molecule has 1 saturated carbocycles. The number of methoxy groups -OCH3 is 1. The highest BCUT2D eigenvalue weighted by Crippen LogP contribution is 2.33. The Hall–Kier alpha value is -1.83. The van der Waals surface area contributed by atoms with Crippen LogP contribution >= 0.6 is 11.6 Å². The van der Waals surface area contributed by atoms with E-state index in [0.29, 0.717) is 50.0 Å². The second kappa shape index (κ2) is 11.5. The predicted octanol–water partition coefficient (Wildman–Crippen LogP) is 3.39. The average Bonchev–Trinajstić information content (AvgIpc) is 3.61. The number of hydrogen-bond acceptors (Lipinski definition) is 5. The molecular weight excluding hydrogens is 442 g/mol. The fourth-order valence-corrected chi connectivity index (χ4v) is 4.16. The van der Waals surface area contributed by atoms with Crippen LogP contribution in [0.15, 0.2) is 18.2 Å². The molecule has 3 rings (SSSR count). The Morgan fingerprint density at radius 1 is 1.21 bits per heavy atom. The summed E-state index contributed by atoms with van der Waals surface area (Å²) in [5.41, 5.74) is 0.553. The molecule has 2 N–H and O–H groups in total. The van der Waals surface area contributed by atoms with Gasteiger partial charge in [0.2, 0.25) is 11.8 Å². The van der Waals surface area contributed by atoms with Crippen molar-refractivity contribution < 1.29 is 19.1 Å². The molecule has 0 unspecified atom stereocenters. The first-order chi connectivity index (χ1) is 15.7. The number of ether oxygens (including phenoxy) is 2. The van der Waals surface area contributed by atoms with E-state index in [1.165, 1.54) is 0 Å². The molecule has 1 aliphatic carbocycles. The molecule has 0 bridgehead atoms. The van der Waals surface area contributed by atoms with E-state index in [1.807, 2.05) is 43.9 Å². The summed E-state index contributed by atoms with van der Waals surface area (Å²) < 4.78 is 10.9. The number of rotatable bonds is 10. The number of benzene rings is 1. The van der Waals surface area contributed by atoms with Crippen LogP contribution in [0, 0.1) is 11.3 Å². The SMILES string of the molecule is COCCCOc1cc(CN(C(=O)[C@@H]2CNC[C@H](NC(=O)C(C)(C)C)C2)C2CC2)ccc1Cl. The van der Waals surface area contributed by atoms with Gasteiger partial charge in [-0.25, -0.2) is 0 Å². The van der Waals surface area contributed by atoms with Gasteiger partial charge in [-0.1, -0.05) is 38.4 Å². The molecular formula is C25H38ClN3O4. The first-order valence-corrected chi connectivity index (χ1v) is 12.3. The Morgan fingerprint density at radius 2 is 1.97 bits per heavy atom. The maximum Gasteiger partial charge on any atom is 0.227 e. The lowest BCUT2D eigenvalue weighted by molar-refractivity contribution is -0.138. The van der Waals surface area contributed by atoms with Crippen LogP contribution in [-0.4, -0.2) is 62.2 Å². The minimum absolute atomic E-state index is 0.0145. The maximum atomic E-state index is 13.5. The third-order valence-corrected chi connectivity index (χ3v) is 6.40. The normalized spacial score (nSPS) is 20.9. The molecule has 33 heavy (non-hydrogen) atoms. The van der Waals surface area contributed by atoms with Gasteiger partial charge in [0.15, 0.2) is 0 Å². The van der Waals surface area contributed by atoms with E-state index in [4.69, 9.17) is 21.1 Å². The summed E-state index contributed by atoms with van der Waals surface area (Å²) >= 11 is 6.31. The van der Waals surface area contributed by atoms with Crippen LogP contribution in [0.4, 0.5) is 0 Å². The number of nitrogens with zero attached hydrogens (tertiary/aromatic N) is 1. The van der Waals surface area contributed by atoms with Crippen molar-refractivity contribution in [2.75, 3.05) is 33.4 Å². The van der Waals surface area contributed by atoms with Crippen LogP contribution in [0.25, 0.3) is 0 Å². The third kappa shape index (κ3) is 7.59. The fraction of sp³-hybridized carbons (Fsp3) is 0.680. The molecule has 1 aliphatic heterocycles. The number of hydrogen-bond donors (Lipinski definition) is 2. The summed E-state index contributed by atoms with van der Waals surface area (Å²) in [6.45, 7) is 8.72. The highest BCUT2D eigenvalue weighted by Gasteiger charge is 2.38. The molecule has 1 heterocycles. The number of piperidine rings is 1. The quantitative estimate of drug-likeness (QED) is 0.503. The van der Waals surface area contributed by atoms with Gasteiger partial charge < -0.3 is 25.0 Å². The van der Waals surface area contributed by atoms with E-state index in [2.05, 4.69) is 10.6 Å². The van der Waals surface area contributed by atoms with Gasteiger partial charge in [0.1, 0.15) is 5.75 Å². The third-order valence-electron chi connectivity index (χ3n) is 6.09. The van der Waals surface area contributed by atoms with Crippen LogP contribution in [0.2, 0.25) is 5.02 Å². The molecule has 8 heteroatoms. The molecule has 184 valence electrons. The van der Waals surface area contributed by atoms with E-state index in [9.17, 15) is 9.59 Å². The first kappa shape index (κ1) is 25.8. The summed E-state index contributed by atoms with van der Waals surface area (Å²) in [4.78, 5) is 27.9. The Balaban J connectivity index is 1.63. The predicted molar refractivity (Wildman–Crippen MR) is 129 cm³/mol. The highest BCUT2D eigenvalue weighted by atomic mass is 35.5. The lowest BCUT2D eigenvalue weighted by atomic mass is 9.91. The second-order valence-corrected chi connectivity index (χ2v) is 10.6.